The number of nitrogens with one attached hydrogen (secondary N) is 1. The van der Waals surface area contributed by atoms with Crippen molar-refractivity contribution in [3.63, 3.8) is 0 Å². The predicted octanol–water partition coefficient (Wildman–Crippen LogP) is 3.06. The van der Waals surface area contributed by atoms with Gasteiger partial charge in [-0.3, -0.25) is 0 Å². The van der Waals surface area contributed by atoms with Gasteiger partial charge < -0.3 is 14.5 Å². The van der Waals surface area contributed by atoms with Gasteiger partial charge in [0.15, 0.2) is 0 Å². The van der Waals surface area contributed by atoms with Crippen molar-refractivity contribution in [3.8, 4) is 0 Å². The van der Waals surface area contributed by atoms with Gasteiger partial charge in [0.2, 0.25) is 0 Å². The average Bonchev–Trinajstić information content (AvgIpc) is 3.04. The molecule has 1 heterocycles. The normalized spacial score (nSPS) is 17.7. The molecule has 1 unspecified atom stereocenters. The third-order valence-electron chi connectivity index (χ3n) is 4.94. The molecule has 1 aliphatic rings. The maximum Gasteiger partial charge on any atom is 0.407 e. The highest BCUT2D eigenvalue weighted by Gasteiger charge is 2.50. The molecule has 1 N–H and O–H groups in total. The highest BCUT2D eigenvalue weighted by Crippen LogP contribution is 2.36. The molecule has 1 aliphatic heterocycles. The Balaban J connectivity index is 1.93. The fraction of sp³-hybridized carbons (Fsp3) is 0.381. The monoisotopic (exact) mass is 369 g/mol. The summed E-state index contributed by atoms with van der Waals surface area (Å²) in [5.41, 5.74) is 0. The maximum absolute atomic E-state index is 11.3. The number of hydrogen-bond donors (Lipinski definition) is 1. The summed E-state index contributed by atoms with van der Waals surface area (Å²) in [5, 5.41) is 5.33. The molecule has 1 saturated heterocycles. The van der Waals surface area contributed by atoms with E-state index in [1.165, 1.54) is 10.4 Å². The van der Waals surface area contributed by atoms with E-state index < -0.39 is 8.32 Å². The summed E-state index contributed by atoms with van der Waals surface area (Å²) in [6.07, 6.45) is 0.413. The van der Waals surface area contributed by atoms with Crippen LogP contribution in [0, 0.1) is 0 Å². The number of cyclic esters (lactones) is 1. The van der Waals surface area contributed by atoms with E-state index in [0.717, 1.165) is 6.42 Å². The molecule has 0 aliphatic carbocycles. The van der Waals surface area contributed by atoms with Gasteiger partial charge in [-0.1, -0.05) is 81.4 Å². The summed E-state index contributed by atoms with van der Waals surface area (Å²) in [6, 6.07) is 21.2. The minimum Gasteiger partial charge on any atom is -0.447 e. The average molecular weight is 370 g/mol. The van der Waals surface area contributed by atoms with E-state index in [1.807, 2.05) is 12.1 Å². The van der Waals surface area contributed by atoms with E-state index >= 15 is 0 Å². The van der Waals surface area contributed by atoms with Gasteiger partial charge in [-0.25, -0.2) is 4.79 Å². The van der Waals surface area contributed by atoms with Crippen molar-refractivity contribution in [1.82, 2.24) is 5.32 Å². The molecule has 1 amide bonds. The van der Waals surface area contributed by atoms with Crippen molar-refractivity contribution in [2.75, 3.05) is 13.2 Å². The number of carbonyl (C=O) groups is 1. The third-order valence-corrected chi connectivity index (χ3v) is 9.98. The standard InChI is InChI=1S/C21H27NO3Si/c1-21(2,3)26(18-10-6-4-7-11-18,19-12-8-5-9-13-19)25-15-14-17-16-24-20(23)22-17/h4-13,17H,14-16H2,1-3H3,(H,22,23). The highest BCUT2D eigenvalue weighted by molar-refractivity contribution is 6.99. The number of amides is 1. The van der Waals surface area contributed by atoms with Gasteiger partial charge in [0.05, 0.1) is 6.04 Å². The smallest absolute Gasteiger partial charge is 0.407 e. The first-order valence-corrected chi connectivity index (χ1v) is 11.0. The van der Waals surface area contributed by atoms with Crippen LogP contribution < -0.4 is 15.7 Å². The lowest BCUT2D eigenvalue weighted by Gasteiger charge is -2.43. The number of benzene rings is 2. The molecule has 3 rings (SSSR count). The fourth-order valence-electron chi connectivity index (χ4n) is 3.70. The van der Waals surface area contributed by atoms with Crippen LogP contribution in [0.15, 0.2) is 60.7 Å². The summed E-state index contributed by atoms with van der Waals surface area (Å²) < 4.78 is 11.8. The molecular weight excluding hydrogens is 342 g/mol. The zero-order valence-electron chi connectivity index (χ0n) is 15.7. The number of carbonyl (C=O) groups excluding carboxylic acids is 1. The van der Waals surface area contributed by atoms with Crippen molar-refractivity contribution in [1.29, 1.82) is 0 Å². The lowest BCUT2D eigenvalue weighted by atomic mass is 10.2. The third kappa shape index (κ3) is 3.69. The Morgan fingerprint density at radius 1 is 1.04 bits per heavy atom. The highest BCUT2D eigenvalue weighted by atomic mass is 28.4. The molecule has 5 heteroatoms. The number of ether oxygens (including phenoxy) is 1. The van der Waals surface area contributed by atoms with E-state index in [-0.39, 0.29) is 17.2 Å². The predicted molar refractivity (Wildman–Crippen MR) is 106 cm³/mol. The summed E-state index contributed by atoms with van der Waals surface area (Å²) >= 11 is 0. The summed E-state index contributed by atoms with van der Waals surface area (Å²) in [7, 11) is -2.49. The number of hydrogen-bond acceptors (Lipinski definition) is 3. The minimum absolute atomic E-state index is 0.0284. The maximum atomic E-state index is 11.3. The van der Waals surface area contributed by atoms with Crippen LogP contribution in [-0.4, -0.2) is 33.7 Å². The second kappa shape index (κ2) is 7.64. The van der Waals surface area contributed by atoms with E-state index in [2.05, 4.69) is 74.6 Å². The van der Waals surface area contributed by atoms with Crippen molar-refractivity contribution in [2.45, 2.75) is 38.3 Å². The topological polar surface area (TPSA) is 47.6 Å². The quantitative estimate of drug-likeness (QED) is 0.796. The van der Waals surface area contributed by atoms with E-state index in [0.29, 0.717) is 13.2 Å². The van der Waals surface area contributed by atoms with Crippen molar-refractivity contribution < 1.29 is 14.0 Å². The number of rotatable bonds is 6. The zero-order chi connectivity index (χ0) is 18.6. The van der Waals surface area contributed by atoms with Crippen LogP contribution in [-0.2, 0) is 9.16 Å². The molecule has 1 atom stereocenters. The first-order chi connectivity index (χ1) is 12.4. The van der Waals surface area contributed by atoms with Crippen molar-refractivity contribution in [2.24, 2.45) is 0 Å². The van der Waals surface area contributed by atoms with Gasteiger partial charge in [-0.15, -0.1) is 0 Å². The van der Waals surface area contributed by atoms with Gasteiger partial charge >= 0.3 is 6.09 Å². The molecule has 2 aromatic rings. The summed E-state index contributed by atoms with van der Waals surface area (Å²) in [6.45, 7) is 7.80. The molecule has 0 radical (unpaired) electrons. The minimum atomic E-state index is -2.49. The van der Waals surface area contributed by atoms with E-state index in [1.54, 1.807) is 0 Å². The Morgan fingerprint density at radius 3 is 2.00 bits per heavy atom. The second-order valence-corrected chi connectivity index (χ2v) is 12.0. The Morgan fingerprint density at radius 2 is 1.58 bits per heavy atom. The van der Waals surface area contributed by atoms with Crippen LogP contribution in [0.1, 0.15) is 27.2 Å². The number of alkyl carbamates (subject to hydrolysis) is 1. The molecule has 0 bridgehead atoms. The van der Waals surface area contributed by atoms with Crippen LogP contribution in [0.3, 0.4) is 0 Å². The molecule has 2 aromatic carbocycles. The van der Waals surface area contributed by atoms with Crippen LogP contribution in [0.25, 0.3) is 0 Å². The SMILES string of the molecule is CC(C)(C)[Si](OCCC1COC(=O)N1)(c1ccccc1)c1ccccc1. The molecule has 1 fully saturated rings. The molecular formula is C21H27NO3Si. The molecule has 4 nitrogen and oxygen atoms in total. The Kier molecular flexibility index (Phi) is 5.49. The lowest BCUT2D eigenvalue weighted by Crippen LogP contribution is -2.66. The lowest BCUT2D eigenvalue weighted by molar-refractivity contribution is 0.175. The first kappa shape index (κ1) is 18.7. The van der Waals surface area contributed by atoms with Gasteiger partial charge in [-0.05, 0) is 21.8 Å². The Hall–Kier alpha value is -2.11. The van der Waals surface area contributed by atoms with Crippen LogP contribution in [0.2, 0.25) is 5.04 Å². The van der Waals surface area contributed by atoms with Gasteiger partial charge in [0.25, 0.3) is 8.32 Å². The summed E-state index contributed by atoms with van der Waals surface area (Å²) in [4.78, 5) is 11.3. The van der Waals surface area contributed by atoms with E-state index in [4.69, 9.17) is 9.16 Å². The molecule has 0 spiro atoms. The van der Waals surface area contributed by atoms with Crippen molar-refractivity contribution >= 4 is 24.8 Å². The van der Waals surface area contributed by atoms with Gasteiger partial charge in [0, 0.05) is 6.61 Å². The Labute approximate surface area is 156 Å². The van der Waals surface area contributed by atoms with Crippen LogP contribution in [0.4, 0.5) is 4.79 Å². The summed E-state index contributed by atoms with van der Waals surface area (Å²) in [5.74, 6) is 0. The molecule has 26 heavy (non-hydrogen) atoms. The van der Waals surface area contributed by atoms with Crippen molar-refractivity contribution in [3.05, 3.63) is 60.7 Å². The van der Waals surface area contributed by atoms with Crippen LogP contribution in [0.5, 0.6) is 0 Å². The first-order valence-electron chi connectivity index (χ1n) is 9.12. The second-order valence-electron chi connectivity index (χ2n) is 7.74. The fourth-order valence-corrected chi connectivity index (χ4v) is 8.28. The van der Waals surface area contributed by atoms with Crippen LogP contribution >= 0.6 is 0 Å². The Bertz CT molecular complexity index is 688. The molecule has 0 aromatic heterocycles. The van der Waals surface area contributed by atoms with E-state index in [9.17, 15) is 4.79 Å². The zero-order valence-corrected chi connectivity index (χ0v) is 16.7. The molecule has 0 saturated carbocycles. The molecule has 138 valence electrons. The van der Waals surface area contributed by atoms with Gasteiger partial charge in [-0.2, -0.15) is 0 Å². The largest absolute Gasteiger partial charge is 0.447 e. The van der Waals surface area contributed by atoms with Gasteiger partial charge in [0.1, 0.15) is 6.61 Å².